The van der Waals surface area contributed by atoms with Crippen LogP contribution in [0.4, 0.5) is 29.3 Å². The van der Waals surface area contributed by atoms with Crippen LogP contribution >= 0.6 is 0 Å². The number of halogens is 3. The molecule has 0 bridgehead atoms. The van der Waals surface area contributed by atoms with Crippen molar-refractivity contribution in [2.24, 2.45) is 5.92 Å². The second kappa shape index (κ2) is 14.3. The van der Waals surface area contributed by atoms with Gasteiger partial charge in [0, 0.05) is 42.9 Å². The summed E-state index contributed by atoms with van der Waals surface area (Å²) in [6, 6.07) is 10.5. The predicted molar refractivity (Wildman–Crippen MR) is 151 cm³/mol. The van der Waals surface area contributed by atoms with Crippen LogP contribution in [0.2, 0.25) is 0 Å². The van der Waals surface area contributed by atoms with Gasteiger partial charge in [0.1, 0.15) is 17.6 Å². The van der Waals surface area contributed by atoms with Crippen molar-refractivity contribution in [1.82, 2.24) is 9.80 Å². The van der Waals surface area contributed by atoms with Crippen molar-refractivity contribution in [1.29, 1.82) is 0 Å². The van der Waals surface area contributed by atoms with Gasteiger partial charge < -0.3 is 35.0 Å². The van der Waals surface area contributed by atoms with E-state index in [1.165, 1.54) is 17.0 Å². The van der Waals surface area contributed by atoms with Crippen LogP contribution in [0.5, 0.6) is 11.5 Å². The number of fused-ring (bicyclic) bond motifs is 1. The first-order valence-electron chi connectivity index (χ1n) is 13.5. The molecule has 2 aromatic rings. The van der Waals surface area contributed by atoms with Crippen molar-refractivity contribution in [3.8, 4) is 11.5 Å². The number of ether oxygens (including phenoxy) is 2. The van der Waals surface area contributed by atoms with E-state index in [1.807, 2.05) is 6.92 Å². The Morgan fingerprint density at radius 1 is 1.17 bits per heavy atom. The molecule has 42 heavy (non-hydrogen) atoms. The van der Waals surface area contributed by atoms with Gasteiger partial charge in [0.15, 0.2) is 0 Å². The highest BCUT2D eigenvalue weighted by atomic mass is 19.4. The quantitative estimate of drug-likeness (QED) is 0.399. The number of alkyl halides is 3. The number of benzene rings is 2. The number of rotatable bonds is 9. The number of aliphatic hydroxyl groups excluding tert-OH is 1. The summed E-state index contributed by atoms with van der Waals surface area (Å²) in [7, 11) is 3.16. The van der Waals surface area contributed by atoms with E-state index in [0.717, 1.165) is 0 Å². The smallest absolute Gasteiger partial charge is 0.389 e. The zero-order chi connectivity index (χ0) is 31.0. The number of carbonyl (C=O) groups is 3. The monoisotopic (exact) mass is 594 g/mol. The fourth-order valence-corrected chi connectivity index (χ4v) is 4.45. The highest BCUT2D eigenvalue weighted by Crippen LogP contribution is 2.30. The minimum Gasteiger partial charge on any atom is -0.497 e. The molecule has 10 nitrogen and oxygen atoms in total. The lowest BCUT2D eigenvalue weighted by Gasteiger charge is -2.34. The van der Waals surface area contributed by atoms with E-state index in [2.05, 4.69) is 10.6 Å². The standard InChI is InChI=1S/C29H37F3N4O6/c1-18-15-36(19(2)17-37)27(39)14-20-13-22(33-26(38)11-12-29(30,31)32)7-10-24(20)42-25(18)16-35(3)28(40)34-21-5-8-23(41-4)9-6-21/h5-10,13,18-19,25,37H,11-12,14-17H2,1-4H3,(H,33,38)(H,34,40)/t18-,19-,25+/m1/s1. The number of methoxy groups -OCH3 is 1. The first kappa shape index (κ1) is 32.5. The van der Waals surface area contributed by atoms with Crippen LogP contribution in [-0.2, 0) is 16.0 Å². The van der Waals surface area contributed by atoms with Crippen LogP contribution in [0.1, 0.15) is 32.3 Å². The molecule has 3 N–H and O–H groups in total. The summed E-state index contributed by atoms with van der Waals surface area (Å²) in [5.41, 5.74) is 1.20. The van der Waals surface area contributed by atoms with Crippen LogP contribution in [-0.4, -0.2) is 84.9 Å². The molecule has 3 atom stereocenters. The Morgan fingerprint density at radius 3 is 2.45 bits per heavy atom. The summed E-state index contributed by atoms with van der Waals surface area (Å²) in [5, 5.41) is 15.1. The number of anilines is 2. The normalized spacial score (nSPS) is 18.0. The highest BCUT2D eigenvalue weighted by molar-refractivity contribution is 5.91. The molecule has 0 unspecified atom stereocenters. The van der Waals surface area contributed by atoms with Gasteiger partial charge in [-0.15, -0.1) is 0 Å². The Labute approximate surface area is 242 Å². The Morgan fingerprint density at radius 2 is 1.83 bits per heavy atom. The van der Waals surface area contributed by atoms with Crippen LogP contribution in [0.25, 0.3) is 0 Å². The van der Waals surface area contributed by atoms with Crippen LogP contribution < -0.4 is 20.1 Å². The maximum Gasteiger partial charge on any atom is 0.389 e. The number of aliphatic hydroxyl groups is 1. The molecule has 1 heterocycles. The van der Waals surface area contributed by atoms with E-state index in [9.17, 15) is 32.7 Å². The van der Waals surface area contributed by atoms with Gasteiger partial charge in [-0.25, -0.2) is 4.79 Å². The van der Waals surface area contributed by atoms with Crippen molar-refractivity contribution in [2.75, 3.05) is 44.5 Å². The molecule has 0 aromatic heterocycles. The molecule has 2 aromatic carbocycles. The number of carbonyl (C=O) groups excluding carboxylic acids is 3. The first-order chi connectivity index (χ1) is 19.8. The van der Waals surface area contributed by atoms with Gasteiger partial charge in [-0.05, 0) is 49.4 Å². The lowest BCUT2D eigenvalue weighted by atomic mass is 10.0. The predicted octanol–water partition coefficient (Wildman–Crippen LogP) is 4.29. The molecule has 3 rings (SSSR count). The third-order valence-corrected chi connectivity index (χ3v) is 6.98. The van der Waals surface area contributed by atoms with Gasteiger partial charge in [0.05, 0.1) is 39.1 Å². The minimum absolute atomic E-state index is 0.126. The molecule has 0 fully saturated rings. The van der Waals surface area contributed by atoms with E-state index < -0.39 is 37.1 Å². The topological polar surface area (TPSA) is 120 Å². The Balaban J connectivity index is 1.83. The number of likely N-dealkylation sites (N-methyl/N-ethyl adjacent to an activating group) is 1. The van der Waals surface area contributed by atoms with Crippen molar-refractivity contribution >= 4 is 29.2 Å². The molecule has 230 valence electrons. The van der Waals surface area contributed by atoms with Gasteiger partial charge in [-0.2, -0.15) is 13.2 Å². The molecule has 0 aliphatic carbocycles. The van der Waals surface area contributed by atoms with Gasteiger partial charge >= 0.3 is 12.2 Å². The van der Waals surface area contributed by atoms with E-state index in [4.69, 9.17) is 9.47 Å². The molecular weight excluding hydrogens is 557 g/mol. The van der Waals surface area contributed by atoms with Gasteiger partial charge in [-0.3, -0.25) is 9.59 Å². The Hall–Kier alpha value is -4.00. The van der Waals surface area contributed by atoms with Gasteiger partial charge in [0.2, 0.25) is 11.8 Å². The average Bonchev–Trinajstić information content (AvgIpc) is 2.99. The van der Waals surface area contributed by atoms with Crippen molar-refractivity contribution in [2.45, 2.75) is 51.4 Å². The number of hydrogen-bond acceptors (Lipinski definition) is 6. The SMILES string of the molecule is COc1ccc(NC(=O)N(C)C[C@@H]2Oc3ccc(NC(=O)CCC(F)(F)F)cc3CC(=O)N([C@H](C)CO)C[C@H]2C)cc1. The van der Waals surface area contributed by atoms with E-state index in [-0.39, 0.29) is 49.7 Å². The van der Waals surface area contributed by atoms with Crippen LogP contribution in [0.15, 0.2) is 42.5 Å². The molecule has 0 radical (unpaired) electrons. The molecular formula is C29H37F3N4O6. The second-order valence-electron chi connectivity index (χ2n) is 10.4. The van der Waals surface area contributed by atoms with Crippen molar-refractivity contribution in [3.63, 3.8) is 0 Å². The van der Waals surface area contributed by atoms with E-state index >= 15 is 0 Å². The fraction of sp³-hybridized carbons (Fsp3) is 0.483. The number of urea groups is 1. The molecule has 4 amide bonds. The van der Waals surface area contributed by atoms with E-state index in [1.54, 1.807) is 56.3 Å². The lowest BCUT2D eigenvalue weighted by Crippen LogP contribution is -2.48. The Bertz CT molecular complexity index is 1240. The largest absolute Gasteiger partial charge is 0.497 e. The summed E-state index contributed by atoms with van der Waals surface area (Å²) >= 11 is 0. The molecule has 13 heteroatoms. The third-order valence-electron chi connectivity index (χ3n) is 6.98. The van der Waals surface area contributed by atoms with Crippen molar-refractivity contribution < 1.29 is 42.1 Å². The number of nitrogens with one attached hydrogen (secondary N) is 2. The molecule has 1 aliphatic heterocycles. The molecule has 0 saturated carbocycles. The summed E-state index contributed by atoms with van der Waals surface area (Å²) in [5.74, 6) is -0.384. The Kier molecular flexibility index (Phi) is 11.0. The number of amides is 4. The van der Waals surface area contributed by atoms with Gasteiger partial charge in [0.25, 0.3) is 0 Å². The lowest BCUT2D eigenvalue weighted by molar-refractivity contribution is -0.142. The third kappa shape index (κ3) is 9.26. The summed E-state index contributed by atoms with van der Waals surface area (Å²) < 4.78 is 49.1. The van der Waals surface area contributed by atoms with Crippen LogP contribution in [0, 0.1) is 5.92 Å². The maximum absolute atomic E-state index is 13.3. The summed E-state index contributed by atoms with van der Waals surface area (Å²) in [6.07, 6.45) is -7.15. The highest BCUT2D eigenvalue weighted by Gasteiger charge is 2.32. The van der Waals surface area contributed by atoms with Gasteiger partial charge in [-0.1, -0.05) is 6.92 Å². The van der Waals surface area contributed by atoms with E-state index in [0.29, 0.717) is 22.7 Å². The second-order valence-corrected chi connectivity index (χ2v) is 10.4. The molecule has 1 aliphatic rings. The zero-order valence-electron chi connectivity index (χ0n) is 24.0. The minimum atomic E-state index is -4.46. The van der Waals surface area contributed by atoms with Crippen molar-refractivity contribution in [3.05, 3.63) is 48.0 Å². The number of hydrogen-bond donors (Lipinski definition) is 3. The average molecular weight is 595 g/mol. The van der Waals surface area contributed by atoms with Crippen LogP contribution in [0.3, 0.4) is 0 Å². The summed E-state index contributed by atoms with van der Waals surface area (Å²) in [6.45, 7) is 3.72. The fourth-order valence-electron chi connectivity index (χ4n) is 4.45. The maximum atomic E-state index is 13.3. The summed E-state index contributed by atoms with van der Waals surface area (Å²) in [4.78, 5) is 41.4. The number of nitrogens with zero attached hydrogens (tertiary/aromatic N) is 2. The molecule has 0 spiro atoms. The molecule has 0 saturated heterocycles. The zero-order valence-corrected chi connectivity index (χ0v) is 24.0. The first-order valence-corrected chi connectivity index (χ1v) is 13.5.